The van der Waals surface area contributed by atoms with Crippen molar-refractivity contribution in [2.75, 3.05) is 13.2 Å². The van der Waals surface area contributed by atoms with Gasteiger partial charge in [-0.25, -0.2) is 0 Å². The van der Waals surface area contributed by atoms with E-state index in [0.717, 1.165) is 31.3 Å². The molecule has 0 spiro atoms. The van der Waals surface area contributed by atoms with Crippen molar-refractivity contribution in [2.45, 2.75) is 78.2 Å². The number of carbonyl (C=O) groups is 3. The number of Topliss-reactive ketones (excluding diaryl/α,β-unsaturated/α-hetero) is 1. The van der Waals surface area contributed by atoms with E-state index in [0.29, 0.717) is 49.3 Å². The van der Waals surface area contributed by atoms with Gasteiger partial charge in [0, 0.05) is 37.6 Å². The lowest BCUT2D eigenvalue weighted by Crippen LogP contribution is -2.34. The van der Waals surface area contributed by atoms with Gasteiger partial charge in [0.2, 0.25) is 0 Å². The molecule has 2 heterocycles. The Balaban J connectivity index is 0.00000101. The molecule has 2 unspecified atom stereocenters. The summed E-state index contributed by atoms with van der Waals surface area (Å²) in [7, 11) is 0. The first-order valence-electron chi connectivity index (χ1n) is 10.7. The van der Waals surface area contributed by atoms with Gasteiger partial charge >= 0.3 is 0 Å². The van der Waals surface area contributed by atoms with Crippen molar-refractivity contribution in [1.82, 2.24) is 4.90 Å². The van der Waals surface area contributed by atoms with Crippen molar-refractivity contribution < 1.29 is 29.0 Å². The fourth-order valence-electron chi connectivity index (χ4n) is 3.72. The van der Waals surface area contributed by atoms with Gasteiger partial charge in [0.05, 0.1) is 18.8 Å². The van der Waals surface area contributed by atoms with Crippen molar-refractivity contribution in [3.63, 3.8) is 0 Å². The first kappa shape index (κ1) is 24.0. The molecule has 1 N–H and O–H groups in total. The van der Waals surface area contributed by atoms with Crippen LogP contribution in [0.2, 0.25) is 0 Å². The number of aliphatic hydroxyl groups is 1. The molecule has 1 aromatic carbocycles. The summed E-state index contributed by atoms with van der Waals surface area (Å²) < 4.78 is 11.6. The number of aliphatic hydroxyl groups excluding tert-OH is 1. The van der Waals surface area contributed by atoms with Crippen molar-refractivity contribution in [3.05, 3.63) is 28.8 Å². The number of benzene rings is 1. The molecular weight excluding hydrogens is 386 g/mol. The number of nitrogens with zero attached hydrogens (tertiary/aromatic N) is 1. The number of amides is 1. The summed E-state index contributed by atoms with van der Waals surface area (Å²) in [5.74, 6) is 0.633. The van der Waals surface area contributed by atoms with Crippen molar-refractivity contribution in [2.24, 2.45) is 0 Å². The molecule has 166 valence electrons. The zero-order chi connectivity index (χ0) is 22.1. The van der Waals surface area contributed by atoms with Gasteiger partial charge in [-0.3, -0.25) is 9.59 Å². The van der Waals surface area contributed by atoms with Gasteiger partial charge in [-0.1, -0.05) is 19.1 Å². The minimum Gasteiger partial charge on any atom is -0.487 e. The summed E-state index contributed by atoms with van der Waals surface area (Å²) in [5, 5.41) is 9.74. The molecular formula is C23H33NO6. The molecule has 0 aromatic heterocycles. The monoisotopic (exact) mass is 419 g/mol. The molecule has 0 saturated carbocycles. The Labute approximate surface area is 178 Å². The fourth-order valence-corrected chi connectivity index (χ4v) is 3.72. The molecule has 0 radical (unpaired) electrons. The summed E-state index contributed by atoms with van der Waals surface area (Å²) in [5.41, 5.74) is 2.10. The van der Waals surface area contributed by atoms with Gasteiger partial charge in [0.15, 0.2) is 0 Å². The lowest BCUT2D eigenvalue weighted by molar-refractivity contribution is -0.119. The molecule has 1 saturated heterocycles. The number of hydrogen-bond acceptors (Lipinski definition) is 6. The second kappa shape index (κ2) is 11.8. The van der Waals surface area contributed by atoms with Gasteiger partial charge in [-0.15, -0.1) is 0 Å². The molecule has 1 fully saturated rings. The lowest BCUT2D eigenvalue weighted by atomic mass is 10.0. The van der Waals surface area contributed by atoms with Crippen molar-refractivity contribution >= 4 is 18.0 Å². The van der Waals surface area contributed by atoms with Gasteiger partial charge < -0.3 is 24.3 Å². The number of ketones is 1. The molecule has 30 heavy (non-hydrogen) atoms. The topological polar surface area (TPSA) is 93.1 Å². The fraction of sp³-hybridized carbons (Fsp3) is 0.609. The largest absolute Gasteiger partial charge is 0.487 e. The Kier molecular flexibility index (Phi) is 9.46. The minimum absolute atomic E-state index is 0.0242. The Bertz CT molecular complexity index is 741. The van der Waals surface area contributed by atoms with E-state index in [4.69, 9.17) is 14.3 Å². The summed E-state index contributed by atoms with van der Waals surface area (Å²) in [4.78, 5) is 35.4. The average molecular weight is 420 g/mol. The third-order valence-corrected chi connectivity index (χ3v) is 5.48. The standard InChI is InChI=1S/C21H29NO5.C2H4O/c1-3-17(24)9-6-14(2)22-11-15-7-8-16(12-23)20(19(15)21(22)25)27-18-5-4-10-26-13-18;1-2-3/h7-8,14,18,23H,3-6,9-13H2,1-2H3;2H,1H3. The van der Waals surface area contributed by atoms with Gasteiger partial charge in [-0.2, -0.15) is 0 Å². The molecule has 3 rings (SSSR count). The zero-order valence-electron chi connectivity index (χ0n) is 18.2. The maximum absolute atomic E-state index is 13.1. The van der Waals surface area contributed by atoms with Gasteiger partial charge in [-0.05, 0) is 38.7 Å². The molecule has 1 amide bonds. The average Bonchev–Trinajstić information content (AvgIpc) is 3.10. The van der Waals surface area contributed by atoms with Crippen LogP contribution in [0.4, 0.5) is 0 Å². The predicted molar refractivity (Wildman–Crippen MR) is 112 cm³/mol. The van der Waals surface area contributed by atoms with Crippen LogP contribution in [0.3, 0.4) is 0 Å². The number of fused-ring (bicyclic) bond motifs is 1. The molecule has 2 atom stereocenters. The predicted octanol–water partition coefficient (Wildman–Crippen LogP) is 3.05. The number of carbonyl (C=O) groups excluding carboxylic acids is 3. The quantitative estimate of drug-likeness (QED) is 0.651. The van der Waals surface area contributed by atoms with Gasteiger partial charge in [0.1, 0.15) is 23.9 Å². The molecule has 2 aliphatic rings. The maximum Gasteiger partial charge on any atom is 0.258 e. The van der Waals surface area contributed by atoms with Crippen LogP contribution in [-0.4, -0.2) is 53.3 Å². The third kappa shape index (κ3) is 5.89. The Hall–Kier alpha value is -2.25. The van der Waals surface area contributed by atoms with Crippen molar-refractivity contribution in [3.8, 4) is 5.75 Å². The first-order valence-corrected chi connectivity index (χ1v) is 10.7. The molecule has 7 nitrogen and oxygen atoms in total. The van der Waals surface area contributed by atoms with E-state index in [-0.39, 0.29) is 30.4 Å². The SMILES string of the molecule is CC=O.CCC(=O)CCC(C)N1Cc2ccc(CO)c(OC3CCCOC3)c2C1=O. The Morgan fingerprint density at radius 1 is 1.43 bits per heavy atom. The maximum atomic E-state index is 13.1. The normalized spacial score (nSPS) is 18.9. The molecule has 1 aromatic rings. The highest BCUT2D eigenvalue weighted by Gasteiger charge is 2.35. The summed E-state index contributed by atoms with van der Waals surface area (Å²) in [6.07, 6.45) is 4.13. The van der Waals surface area contributed by atoms with E-state index in [9.17, 15) is 14.7 Å². The van der Waals surface area contributed by atoms with E-state index >= 15 is 0 Å². The highest BCUT2D eigenvalue weighted by molar-refractivity contribution is 6.01. The van der Waals surface area contributed by atoms with E-state index in [2.05, 4.69) is 0 Å². The van der Waals surface area contributed by atoms with Crippen LogP contribution < -0.4 is 4.74 Å². The minimum atomic E-state index is -0.177. The highest BCUT2D eigenvalue weighted by atomic mass is 16.5. The molecule has 7 heteroatoms. The van der Waals surface area contributed by atoms with E-state index in [1.54, 1.807) is 4.90 Å². The number of ether oxygens (including phenoxy) is 2. The number of aldehydes is 1. The second-order valence-corrected chi connectivity index (χ2v) is 7.65. The van der Waals surface area contributed by atoms with E-state index in [1.807, 2.05) is 26.0 Å². The molecule has 0 bridgehead atoms. The van der Waals surface area contributed by atoms with Crippen LogP contribution in [0.15, 0.2) is 12.1 Å². The highest BCUT2D eigenvalue weighted by Crippen LogP contribution is 2.37. The third-order valence-electron chi connectivity index (χ3n) is 5.48. The Morgan fingerprint density at radius 2 is 2.17 bits per heavy atom. The van der Waals surface area contributed by atoms with Crippen LogP contribution in [0.5, 0.6) is 5.75 Å². The zero-order valence-corrected chi connectivity index (χ0v) is 18.2. The van der Waals surface area contributed by atoms with Crippen LogP contribution >= 0.6 is 0 Å². The lowest BCUT2D eigenvalue weighted by Gasteiger charge is -2.26. The Morgan fingerprint density at radius 3 is 2.77 bits per heavy atom. The van der Waals surface area contributed by atoms with Crippen LogP contribution in [-0.2, 0) is 27.5 Å². The van der Waals surface area contributed by atoms with E-state index < -0.39 is 0 Å². The number of hydrogen-bond donors (Lipinski definition) is 1. The van der Waals surface area contributed by atoms with Crippen LogP contribution in [0, 0.1) is 0 Å². The molecule has 0 aliphatic carbocycles. The smallest absolute Gasteiger partial charge is 0.258 e. The van der Waals surface area contributed by atoms with Crippen LogP contribution in [0.25, 0.3) is 0 Å². The summed E-state index contributed by atoms with van der Waals surface area (Å²) in [6.45, 7) is 6.86. The van der Waals surface area contributed by atoms with Gasteiger partial charge in [0.25, 0.3) is 5.91 Å². The number of rotatable bonds is 8. The van der Waals surface area contributed by atoms with Crippen LogP contribution in [0.1, 0.15) is 74.4 Å². The summed E-state index contributed by atoms with van der Waals surface area (Å²) in [6, 6.07) is 3.70. The summed E-state index contributed by atoms with van der Waals surface area (Å²) >= 11 is 0. The first-order chi connectivity index (χ1) is 14.5. The second-order valence-electron chi connectivity index (χ2n) is 7.65. The molecule has 2 aliphatic heterocycles. The van der Waals surface area contributed by atoms with E-state index in [1.165, 1.54) is 6.92 Å². The van der Waals surface area contributed by atoms with Crippen molar-refractivity contribution in [1.29, 1.82) is 0 Å².